The highest BCUT2D eigenvalue weighted by Crippen LogP contribution is 2.32. The minimum atomic E-state index is -4.51. The highest BCUT2D eigenvalue weighted by Gasteiger charge is 2.32. The lowest BCUT2D eigenvalue weighted by molar-refractivity contribution is -0.137. The number of amides is 2. The van der Waals surface area contributed by atoms with E-state index in [1.807, 2.05) is 0 Å². The second kappa shape index (κ2) is 11.9. The van der Waals surface area contributed by atoms with Gasteiger partial charge in [-0.15, -0.1) is 0 Å². The van der Waals surface area contributed by atoms with E-state index in [9.17, 15) is 18.0 Å². The van der Waals surface area contributed by atoms with Gasteiger partial charge in [-0.1, -0.05) is 37.6 Å². The van der Waals surface area contributed by atoms with Crippen LogP contribution in [0.3, 0.4) is 0 Å². The van der Waals surface area contributed by atoms with Crippen LogP contribution in [0.1, 0.15) is 32.3 Å². The predicted octanol–water partition coefficient (Wildman–Crippen LogP) is 6.53. The number of nitrogens with zero attached hydrogens (tertiary/aromatic N) is 2. The Morgan fingerprint density at radius 1 is 1.12 bits per heavy atom. The summed E-state index contributed by atoms with van der Waals surface area (Å²) in [5.41, 5.74) is -0.176. The van der Waals surface area contributed by atoms with Crippen molar-refractivity contribution in [2.24, 2.45) is 5.92 Å². The number of hydrogen-bond donors (Lipinski definition) is 1. The van der Waals surface area contributed by atoms with Gasteiger partial charge in [0.1, 0.15) is 0 Å². The van der Waals surface area contributed by atoms with Gasteiger partial charge in [0, 0.05) is 29.5 Å². The molecule has 1 atom stereocenters. The van der Waals surface area contributed by atoms with E-state index in [1.165, 1.54) is 17.0 Å². The molecule has 2 amide bonds. The van der Waals surface area contributed by atoms with Crippen LogP contribution in [0.5, 0.6) is 0 Å². The lowest BCUT2D eigenvalue weighted by Crippen LogP contribution is -2.49. The number of rotatable bonds is 9. The van der Waals surface area contributed by atoms with Gasteiger partial charge in [0.05, 0.1) is 18.2 Å². The van der Waals surface area contributed by atoms with E-state index in [-0.39, 0.29) is 18.3 Å². The Hall–Kier alpha value is -2.29. The van der Waals surface area contributed by atoms with Crippen molar-refractivity contribution in [3.05, 3.63) is 59.1 Å². The van der Waals surface area contributed by atoms with E-state index in [4.69, 9.17) is 16.3 Å². The van der Waals surface area contributed by atoms with Crippen LogP contribution in [0.15, 0.2) is 48.5 Å². The molecule has 0 aliphatic carbocycles. The summed E-state index contributed by atoms with van der Waals surface area (Å²) in [5, 5.41) is 3.22. The summed E-state index contributed by atoms with van der Waals surface area (Å²) < 4.78 is 46.1. The summed E-state index contributed by atoms with van der Waals surface area (Å²) in [6, 6.07) is 10.8. The van der Waals surface area contributed by atoms with Crippen LogP contribution in [0.4, 0.5) is 29.3 Å². The number of carbonyl (C=O) groups is 1. The molecule has 0 bridgehead atoms. The molecule has 1 N–H and O–H groups in total. The zero-order valence-electron chi connectivity index (χ0n) is 19.4. The van der Waals surface area contributed by atoms with Crippen molar-refractivity contribution in [1.29, 1.82) is 0 Å². The molecule has 1 unspecified atom stereocenters. The molecule has 1 fully saturated rings. The summed E-state index contributed by atoms with van der Waals surface area (Å²) in [6.45, 7) is 6.98. The molecule has 34 heavy (non-hydrogen) atoms. The van der Waals surface area contributed by atoms with Gasteiger partial charge in [-0.05, 0) is 68.2 Å². The van der Waals surface area contributed by atoms with E-state index in [2.05, 4.69) is 24.1 Å². The van der Waals surface area contributed by atoms with Gasteiger partial charge in [-0.3, -0.25) is 9.80 Å². The van der Waals surface area contributed by atoms with E-state index < -0.39 is 17.8 Å². The molecular weight excluding hydrogens is 467 g/mol. The van der Waals surface area contributed by atoms with Crippen molar-refractivity contribution in [2.45, 2.75) is 38.9 Å². The van der Waals surface area contributed by atoms with Crippen molar-refractivity contribution in [3.8, 4) is 0 Å². The van der Waals surface area contributed by atoms with Gasteiger partial charge >= 0.3 is 12.2 Å². The van der Waals surface area contributed by atoms with Crippen LogP contribution in [-0.4, -0.2) is 49.8 Å². The molecule has 0 radical (unpaired) electrons. The Bertz CT molecular complexity index is 949. The van der Waals surface area contributed by atoms with Crippen molar-refractivity contribution in [2.75, 3.05) is 43.1 Å². The summed E-state index contributed by atoms with van der Waals surface area (Å²) in [5.74, 6) is 0.352. The lowest BCUT2D eigenvalue weighted by Gasteiger charge is -2.33. The number of benzene rings is 2. The van der Waals surface area contributed by atoms with Gasteiger partial charge in [0.25, 0.3) is 0 Å². The molecule has 9 heteroatoms. The van der Waals surface area contributed by atoms with Crippen molar-refractivity contribution in [1.82, 2.24) is 4.90 Å². The Morgan fingerprint density at radius 2 is 1.82 bits per heavy atom. The minimum Gasteiger partial charge on any atom is -0.379 e. The number of nitrogens with one attached hydrogen (secondary N) is 1. The van der Waals surface area contributed by atoms with E-state index in [0.717, 1.165) is 38.1 Å². The molecule has 2 aromatic rings. The van der Waals surface area contributed by atoms with Crippen LogP contribution in [0.25, 0.3) is 0 Å². The molecule has 0 saturated carbocycles. The highest BCUT2D eigenvalue weighted by molar-refractivity contribution is 6.30. The van der Waals surface area contributed by atoms with Gasteiger partial charge in [0.15, 0.2) is 0 Å². The first-order chi connectivity index (χ1) is 16.1. The molecular formula is C25H31ClF3N3O2. The summed E-state index contributed by atoms with van der Waals surface area (Å²) in [6.07, 6.45) is -2.43. The average Bonchev–Trinajstić information content (AvgIpc) is 3.30. The average molecular weight is 498 g/mol. The molecule has 3 rings (SSSR count). The maximum absolute atomic E-state index is 13.4. The number of urea groups is 1. The zero-order valence-corrected chi connectivity index (χ0v) is 20.2. The van der Waals surface area contributed by atoms with E-state index in [0.29, 0.717) is 29.8 Å². The third kappa shape index (κ3) is 7.61. The number of likely N-dealkylation sites (tertiary alicyclic amines) is 1. The Labute approximate surface area is 203 Å². The molecule has 2 aromatic carbocycles. The molecule has 1 aliphatic rings. The van der Waals surface area contributed by atoms with Crippen LogP contribution < -0.4 is 10.2 Å². The Balaban J connectivity index is 1.89. The molecule has 0 aromatic heterocycles. The maximum Gasteiger partial charge on any atom is 0.416 e. The first kappa shape index (κ1) is 26.3. The van der Waals surface area contributed by atoms with Crippen molar-refractivity contribution >= 4 is 29.0 Å². The molecule has 1 aliphatic heterocycles. The third-order valence-corrected chi connectivity index (χ3v) is 5.85. The second-order valence-corrected chi connectivity index (χ2v) is 9.36. The van der Waals surface area contributed by atoms with E-state index in [1.54, 1.807) is 24.3 Å². The van der Waals surface area contributed by atoms with Crippen molar-refractivity contribution < 1.29 is 22.7 Å². The predicted molar refractivity (Wildman–Crippen MR) is 130 cm³/mol. The van der Waals surface area contributed by atoms with Gasteiger partial charge < -0.3 is 10.1 Å². The number of alkyl halides is 3. The fourth-order valence-corrected chi connectivity index (χ4v) is 4.13. The SMILES string of the molecule is CC(C)COCC(CN(C(=O)Nc1cccc(Cl)c1)c1cccc(C(F)(F)F)c1)N1CCCC1. The molecule has 1 heterocycles. The number of halogens is 4. The number of hydrogen-bond acceptors (Lipinski definition) is 3. The fraction of sp³-hybridized carbons (Fsp3) is 0.480. The summed E-state index contributed by atoms with van der Waals surface area (Å²) >= 11 is 6.04. The molecule has 1 saturated heterocycles. The smallest absolute Gasteiger partial charge is 0.379 e. The van der Waals surface area contributed by atoms with Gasteiger partial charge in [0.2, 0.25) is 0 Å². The van der Waals surface area contributed by atoms with E-state index >= 15 is 0 Å². The standard InChI is InChI=1S/C25H31ClF3N3O2/c1-18(2)16-34-17-23(31-11-3-4-12-31)15-32(22-10-5-7-19(13-22)25(27,28)29)24(33)30-21-9-6-8-20(26)14-21/h5-10,13-14,18,23H,3-4,11-12,15-17H2,1-2H3,(H,30,33). The van der Waals surface area contributed by atoms with Crippen molar-refractivity contribution in [3.63, 3.8) is 0 Å². The lowest BCUT2D eigenvalue weighted by atomic mass is 10.1. The first-order valence-corrected chi connectivity index (χ1v) is 11.8. The third-order valence-electron chi connectivity index (χ3n) is 5.62. The normalized spacial score (nSPS) is 15.5. The zero-order chi connectivity index (χ0) is 24.7. The Morgan fingerprint density at radius 3 is 2.47 bits per heavy atom. The van der Waals surface area contributed by atoms with Crippen LogP contribution in [-0.2, 0) is 10.9 Å². The number of anilines is 2. The fourth-order valence-electron chi connectivity index (χ4n) is 3.94. The largest absolute Gasteiger partial charge is 0.416 e. The molecule has 5 nitrogen and oxygen atoms in total. The maximum atomic E-state index is 13.4. The number of carbonyl (C=O) groups excluding carboxylic acids is 1. The van der Waals surface area contributed by atoms with Crippen LogP contribution in [0, 0.1) is 5.92 Å². The second-order valence-electron chi connectivity index (χ2n) is 8.93. The minimum absolute atomic E-state index is 0.152. The summed E-state index contributed by atoms with van der Waals surface area (Å²) in [7, 11) is 0. The topological polar surface area (TPSA) is 44.8 Å². The Kier molecular flexibility index (Phi) is 9.22. The highest BCUT2D eigenvalue weighted by atomic mass is 35.5. The molecule has 0 spiro atoms. The van der Waals surface area contributed by atoms with Gasteiger partial charge in [-0.2, -0.15) is 13.2 Å². The summed E-state index contributed by atoms with van der Waals surface area (Å²) in [4.78, 5) is 17.0. The quantitative estimate of drug-likeness (QED) is 0.428. The molecule has 186 valence electrons. The van der Waals surface area contributed by atoms with Crippen LogP contribution >= 0.6 is 11.6 Å². The van der Waals surface area contributed by atoms with Gasteiger partial charge in [-0.25, -0.2) is 4.79 Å². The monoisotopic (exact) mass is 497 g/mol. The van der Waals surface area contributed by atoms with Crippen LogP contribution in [0.2, 0.25) is 5.02 Å². The number of ether oxygens (including phenoxy) is 1. The first-order valence-electron chi connectivity index (χ1n) is 11.5.